The smallest absolute Gasteiger partial charge is 0.105 e. The van der Waals surface area contributed by atoms with Crippen LogP contribution in [-0.4, -0.2) is 21.1 Å². The van der Waals surface area contributed by atoms with Gasteiger partial charge in [0.25, 0.3) is 0 Å². The third kappa shape index (κ3) is 3.11. The van der Waals surface area contributed by atoms with Crippen molar-refractivity contribution in [3.05, 3.63) is 11.9 Å². The molecule has 0 unspecified atom stereocenters. The van der Waals surface area contributed by atoms with Crippen molar-refractivity contribution in [2.75, 3.05) is 0 Å². The highest BCUT2D eigenvalue weighted by atomic mass is 19.1. The lowest BCUT2D eigenvalue weighted by atomic mass is 10.0. The Hall–Kier alpha value is -0.930. The summed E-state index contributed by atoms with van der Waals surface area (Å²) in [5, 5.41) is 9.85. The molecule has 1 heterocycles. The highest BCUT2D eigenvalue weighted by molar-refractivity contribution is 4.91. The topological polar surface area (TPSA) is 41.6 Å². The molecule has 0 saturated carbocycles. The van der Waals surface area contributed by atoms with E-state index in [1.807, 2.05) is 0 Å². The number of rotatable bonds is 3. The summed E-state index contributed by atoms with van der Waals surface area (Å²) in [7, 11) is 0. The van der Waals surface area contributed by atoms with Gasteiger partial charge < -0.3 is 0 Å². The van der Waals surface area contributed by atoms with Gasteiger partial charge in [-0.05, 0) is 26.7 Å². The van der Waals surface area contributed by atoms with E-state index in [0.717, 1.165) is 5.69 Å². The Bertz CT molecular complexity index is 200. The van der Waals surface area contributed by atoms with Crippen molar-refractivity contribution in [1.29, 1.82) is 0 Å². The number of aromatic amines is 1. The van der Waals surface area contributed by atoms with Crippen LogP contribution in [0.15, 0.2) is 6.20 Å². The molecule has 4 heteroatoms. The standard InChI is InChI=1S/C7H12FN3/c1-7(2,8)4-3-6-5-9-11-10-6/h5H,3-4H2,1-2H3,(H,9,10,11). The predicted molar refractivity (Wildman–Crippen MR) is 39.9 cm³/mol. The molecule has 1 N–H and O–H groups in total. The SMILES string of the molecule is CC(C)(F)CCc1c[nH]nn1. The summed E-state index contributed by atoms with van der Waals surface area (Å²) in [4.78, 5) is 0. The summed E-state index contributed by atoms with van der Waals surface area (Å²) in [6.45, 7) is 3.13. The first-order valence-electron chi connectivity index (χ1n) is 3.62. The Morgan fingerprint density at radius 2 is 2.36 bits per heavy atom. The third-order valence-corrected chi connectivity index (χ3v) is 1.44. The number of hydrogen-bond donors (Lipinski definition) is 1. The Kier molecular flexibility index (Phi) is 2.22. The Morgan fingerprint density at radius 3 is 2.82 bits per heavy atom. The molecule has 0 spiro atoms. The first-order valence-corrected chi connectivity index (χ1v) is 3.62. The molecule has 1 aromatic heterocycles. The molecule has 0 bridgehead atoms. The quantitative estimate of drug-likeness (QED) is 0.722. The van der Waals surface area contributed by atoms with Gasteiger partial charge in [-0.25, -0.2) is 4.39 Å². The summed E-state index contributed by atoms with van der Waals surface area (Å²) in [5.74, 6) is 0. The summed E-state index contributed by atoms with van der Waals surface area (Å²) >= 11 is 0. The van der Waals surface area contributed by atoms with Crippen LogP contribution in [0.1, 0.15) is 26.0 Å². The van der Waals surface area contributed by atoms with Gasteiger partial charge in [-0.15, -0.1) is 5.10 Å². The average molecular weight is 157 g/mol. The number of aryl methyl sites for hydroxylation is 1. The van der Waals surface area contributed by atoms with Gasteiger partial charge in [-0.3, -0.25) is 5.10 Å². The highest BCUT2D eigenvalue weighted by Crippen LogP contribution is 2.15. The molecule has 0 amide bonds. The van der Waals surface area contributed by atoms with Crippen molar-refractivity contribution in [1.82, 2.24) is 15.4 Å². The van der Waals surface area contributed by atoms with Gasteiger partial charge in [-0.2, -0.15) is 0 Å². The summed E-state index contributed by atoms with van der Waals surface area (Å²) in [6.07, 6.45) is 2.81. The predicted octanol–water partition coefficient (Wildman–Crippen LogP) is 1.49. The lowest BCUT2D eigenvalue weighted by Crippen LogP contribution is -2.12. The van der Waals surface area contributed by atoms with Crippen LogP contribution in [0.5, 0.6) is 0 Å². The van der Waals surface area contributed by atoms with Crippen LogP contribution in [-0.2, 0) is 6.42 Å². The molecule has 1 rings (SSSR count). The molecule has 1 aromatic rings. The van der Waals surface area contributed by atoms with E-state index in [1.165, 1.54) is 0 Å². The number of nitrogens with zero attached hydrogens (tertiary/aromatic N) is 2. The molecule has 0 fully saturated rings. The zero-order chi connectivity index (χ0) is 8.32. The minimum absolute atomic E-state index is 0.486. The van der Waals surface area contributed by atoms with E-state index in [4.69, 9.17) is 0 Å². The van der Waals surface area contributed by atoms with Gasteiger partial charge in [0.2, 0.25) is 0 Å². The average Bonchev–Trinajstić information content (AvgIpc) is 2.32. The molecule has 0 aliphatic rings. The minimum atomic E-state index is -1.11. The second-order valence-electron chi connectivity index (χ2n) is 3.18. The molecule has 0 aromatic carbocycles. The molecule has 0 aliphatic heterocycles. The van der Waals surface area contributed by atoms with Crippen molar-refractivity contribution in [2.24, 2.45) is 0 Å². The van der Waals surface area contributed by atoms with E-state index >= 15 is 0 Å². The summed E-state index contributed by atoms with van der Waals surface area (Å²) < 4.78 is 12.9. The van der Waals surface area contributed by atoms with E-state index < -0.39 is 5.67 Å². The normalized spacial score (nSPS) is 11.9. The monoisotopic (exact) mass is 157 g/mol. The van der Waals surface area contributed by atoms with Gasteiger partial charge in [0.15, 0.2) is 0 Å². The highest BCUT2D eigenvalue weighted by Gasteiger charge is 2.15. The Morgan fingerprint density at radius 1 is 1.64 bits per heavy atom. The maximum Gasteiger partial charge on any atom is 0.105 e. The van der Waals surface area contributed by atoms with Crippen molar-refractivity contribution in [3.8, 4) is 0 Å². The van der Waals surface area contributed by atoms with Crippen LogP contribution in [0.25, 0.3) is 0 Å². The van der Waals surface area contributed by atoms with Crippen LogP contribution >= 0.6 is 0 Å². The van der Waals surface area contributed by atoms with E-state index in [9.17, 15) is 4.39 Å². The molecule has 11 heavy (non-hydrogen) atoms. The molecule has 0 saturated heterocycles. The van der Waals surface area contributed by atoms with Gasteiger partial charge in [0.05, 0.1) is 5.69 Å². The third-order valence-electron chi connectivity index (χ3n) is 1.44. The van der Waals surface area contributed by atoms with Crippen LogP contribution < -0.4 is 0 Å². The summed E-state index contributed by atoms with van der Waals surface area (Å²) in [5.41, 5.74) is -0.297. The van der Waals surface area contributed by atoms with E-state index in [-0.39, 0.29) is 0 Å². The molecule has 0 radical (unpaired) electrons. The molecule has 0 atom stereocenters. The van der Waals surface area contributed by atoms with Crippen LogP contribution in [0, 0.1) is 0 Å². The van der Waals surface area contributed by atoms with Gasteiger partial charge in [-0.1, -0.05) is 5.21 Å². The molecule has 0 aliphatic carbocycles. The van der Waals surface area contributed by atoms with Crippen LogP contribution in [0.2, 0.25) is 0 Å². The maximum absolute atomic E-state index is 12.9. The van der Waals surface area contributed by atoms with Gasteiger partial charge >= 0.3 is 0 Å². The number of H-pyrrole nitrogens is 1. The van der Waals surface area contributed by atoms with Crippen molar-refractivity contribution < 1.29 is 4.39 Å². The van der Waals surface area contributed by atoms with Crippen molar-refractivity contribution in [2.45, 2.75) is 32.4 Å². The number of aromatic nitrogens is 3. The summed E-state index contributed by atoms with van der Waals surface area (Å²) in [6, 6.07) is 0. The van der Waals surface area contributed by atoms with Gasteiger partial charge in [0.1, 0.15) is 5.67 Å². The molecular weight excluding hydrogens is 145 g/mol. The van der Waals surface area contributed by atoms with Crippen molar-refractivity contribution >= 4 is 0 Å². The zero-order valence-corrected chi connectivity index (χ0v) is 6.76. The van der Waals surface area contributed by atoms with Crippen LogP contribution in [0.3, 0.4) is 0 Å². The first-order chi connectivity index (χ1) is 5.08. The lowest BCUT2D eigenvalue weighted by molar-refractivity contribution is 0.201. The Balaban J connectivity index is 2.35. The van der Waals surface area contributed by atoms with E-state index in [1.54, 1.807) is 20.0 Å². The molecule has 3 nitrogen and oxygen atoms in total. The van der Waals surface area contributed by atoms with Crippen LogP contribution in [0.4, 0.5) is 4.39 Å². The minimum Gasteiger partial charge on any atom is -0.265 e. The second kappa shape index (κ2) is 2.98. The number of nitrogens with one attached hydrogen (secondary N) is 1. The maximum atomic E-state index is 12.9. The molecule has 62 valence electrons. The van der Waals surface area contributed by atoms with E-state index in [2.05, 4.69) is 15.4 Å². The van der Waals surface area contributed by atoms with Gasteiger partial charge in [0, 0.05) is 6.20 Å². The Labute approximate surface area is 65.0 Å². The fraction of sp³-hybridized carbons (Fsp3) is 0.714. The largest absolute Gasteiger partial charge is 0.265 e. The second-order valence-corrected chi connectivity index (χ2v) is 3.18. The molecular formula is C7H12FN3. The van der Waals surface area contributed by atoms with Crippen molar-refractivity contribution in [3.63, 3.8) is 0 Å². The number of alkyl halides is 1. The number of hydrogen-bond acceptors (Lipinski definition) is 2. The lowest BCUT2D eigenvalue weighted by Gasteiger charge is -2.11. The van der Waals surface area contributed by atoms with E-state index in [0.29, 0.717) is 12.8 Å². The zero-order valence-electron chi connectivity index (χ0n) is 6.76. The fourth-order valence-electron chi connectivity index (χ4n) is 0.773. The fourth-order valence-corrected chi connectivity index (χ4v) is 0.773. The number of halogens is 1. The first kappa shape index (κ1) is 8.17.